The first-order valence-electron chi connectivity index (χ1n) is 5.84. The van der Waals surface area contributed by atoms with E-state index in [1.165, 1.54) is 24.8 Å². The molecule has 0 amide bonds. The van der Waals surface area contributed by atoms with E-state index in [-0.39, 0.29) is 0 Å². The van der Waals surface area contributed by atoms with Crippen molar-refractivity contribution < 1.29 is 0 Å². The quantitative estimate of drug-likeness (QED) is 0.873. The summed E-state index contributed by atoms with van der Waals surface area (Å²) in [6.07, 6.45) is 4.00. The van der Waals surface area contributed by atoms with Crippen LogP contribution < -0.4 is 5.32 Å². The number of hydrogen-bond acceptors (Lipinski definition) is 1. The highest BCUT2D eigenvalue weighted by molar-refractivity contribution is 9.10. The zero-order valence-corrected chi connectivity index (χ0v) is 11.8. The molecule has 0 saturated heterocycles. The number of nitrogens with one attached hydrogen (secondary N) is 1. The summed E-state index contributed by atoms with van der Waals surface area (Å²) in [7, 11) is 0. The van der Waals surface area contributed by atoms with E-state index in [1.54, 1.807) is 0 Å². The third kappa shape index (κ3) is 2.99. The molecule has 0 bridgehead atoms. The van der Waals surface area contributed by atoms with Crippen LogP contribution in [0.1, 0.15) is 31.7 Å². The minimum atomic E-state index is 0.662. The third-order valence-electron chi connectivity index (χ3n) is 3.42. The molecular formula is C13H17BrClN. The lowest BCUT2D eigenvalue weighted by molar-refractivity contribution is 0.426. The molecule has 0 spiro atoms. The maximum absolute atomic E-state index is 6.16. The monoisotopic (exact) mass is 301 g/mol. The molecule has 1 fully saturated rings. The van der Waals surface area contributed by atoms with E-state index in [9.17, 15) is 0 Å². The van der Waals surface area contributed by atoms with Gasteiger partial charge in [0.25, 0.3) is 0 Å². The zero-order chi connectivity index (χ0) is 11.5. The van der Waals surface area contributed by atoms with Crippen molar-refractivity contribution in [3.63, 3.8) is 0 Å². The maximum atomic E-state index is 6.16. The van der Waals surface area contributed by atoms with E-state index in [0.29, 0.717) is 6.04 Å². The third-order valence-corrected chi connectivity index (χ3v) is 4.29. The number of hydrogen-bond donors (Lipinski definition) is 1. The van der Waals surface area contributed by atoms with Crippen molar-refractivity contribution in [2.45, 2.75) is 38.8 Å². The van der Waals surface area contributed by atoms with Crippen molar-refractivity contribution in [2.24, 2.45) is 5.92 Å². The Morgan fingerprint density at radius 2 is 2.25 bits per heavy atom. The summed E-state index contributed by atoms with van der Waals surface area (Å²) < 4.78 is 1.09. The minimum absolute atomic E-state index is 0.662. The minimum Gasteiger partial charge on any atom is -0.310 e. The average molecular weight is 303 g/mol. The largest absolute Gasteiger partial charge is 0.310 e. The second-order valence-electron chi connectivity index (χ2n) is 4.63. The summed E-state index contributed by atoms with van der Waals surface area (Å²) >= 11 is 9.63. The van der Waals surface area contributed by atoms with Crippen molar-refractivity contribution in [3.05, 3.63) is 33.3 Å². The highest BCUT2D eigenvalue weighted by atomic mass is 79.9. The lowest BCUT2D eigenvalue weighted by Gasteiger charge is -2.17. The predicted molar refractivity (Wildman–Crippen MR) is 72.8 cm³/mol. The molecule has 1 saturated carbocycles. The van der Waals surface area contributed by atoms with E-state index < -0.39 is 0 Å². The Morgan fingerprint density at radius 3 is 2.94 bits per heavy atom. The molecule has 1 N–H and O–H groups in total. The van der Waals surface area contributed by atoms with Crippen LogP contribution in [0.5, 0.6) is 0 Å². The first kappa shape index (κ1) is 12.4. The smallest absolute Gasteiger partial charge is 0.0451 e. The van der Waals surface area contributed by atoms with Gasteiger partial charge >= 0.3 is 0 Å². The van der Waals surface area contributed by atoms with Gasteiger partial charge in [0, 0.05) is 22.1 Å². The summed E-state index contributed by atoms with van der Waals surface area (Å²) in [5.41, 5.74) is 1.18. The molecule has 1 aliphatic rings. The van der Waals surface area contributed by atoms with E-state index >= 15 is 0 Å². The Bertz CT molecular complexity index is 367. The van der Waals surface area contributed by atoms with Gasteiger partial charge in [0.1, 0.15) is 0 Å². The summed E-state index contributed by atoms with van der Waals surface area (Å²) in [4.78, 5) is 0. The number of rotatable bonds is 3. The Kier molecular flexibility index (Phi) is 4.28. The van der Waals surface area contributed by atoms with Gasteiger partial charge in [0.2, 0.25) is 0 Å². The van der Waals surface area contributed by atoms with Gasteiger partial charge in [0.05, 0.1) is 0 Å². The Morgan fingerprint density at radius 1 is 1.44 bits per heavy atom. The van der Waals surface area contributed by atoms with Gasteiger partial charge in [-0.25, -0.2) is 0 Å². The summed E-state index contributed by atoms with van der Waals surface area (Å²) in [6.45, 7) is 3.19. The van der Waals surface area contributed by atoms with Gasteiger partial charge in [-0.3, -0.25) is 0 Å². The van der Waals surface area contributed by atoms with Gasteiger partial charge in [-0.15, -0.1) is 0 Å². The van der Waals surface area contributed by atoms with Crippen LogP contribution in [-0.2, 0) is 6.54 Å². The van der Waals surface area contributed by atoms with E-state index in [4.69, 9.17) is 11.6 Å². The van der Waals surface area contributed by atoms with Gasteiger partial charge in [-0.2, -0.15) is 0 Å². The Hall–Kier alpha value is -0.0500. The first-order chi connectivity index (χ1) is 7.66. The highest BCUT2D eigenvalue weighted by Crippen LogP contribution is 2.26. The van der Waals surface area contributed by atoms with Crippen LogP contribution in [0, 0.1) is 5.92 Å². The van der Waals surface area contributed by atoms with Gasteiger partial charge < -0.3 is 5.32 Å². The van der Waals surface area contributed by atoms with Crippen molar-refractivity contribution >= 4 is 27.5 Å². The molecule has 0 radical (unpaired) electrons. The average Bonchev–Trinajstić information content (AvgIpc) is 2.66. The summed E-state index contributed by atoms with van der Waals surface area (Å²) in [5, 5.41) is 4.46. The van der Waals surface area contributed by atoms with Crippen LogP contribution in [-0.4, -0.2) is 6.04 Å². The fraction of sp³-hybridized carbons (Fsp3) is 0.538. The van der Waals surface area contributed by atoms with Gasteiger partial charge in [-0.1, -0.05) is 40.9 Å². The van der Waals surface area contributed by atoms with Gasteiger partial charge in [0.15, 0.2) is 0 Å². The normalized spacial score (nSPS) is 24.9. The second kappa shape index (κ2) is 5.52. The lowest BCUT2D eigenvalue weighted by Crippen LogP contribution is -2.30. The van der Waals surface area contributed by atoms with Crippen LogP contribution in [0.4, 0.5) is 0 Å². The second-order valence-corrected chi connectivity index (χ2v) is 5.95. The van der Waals surface area contributed by atoms with Crippen molar-refractivity contribution in [2.75, 3.05) is 0 Å². The molecular weight excluding hydrogens is 286 g/mol. The fourth-order valence-corrected chi connectivity index (χ4v) is 2.96. The number of benzene rings is 1. The molecule has 1 aromatic carbocycles. The maximum Gasteiger partial charge on any atom is 0.0451 e. The molecule has 1 nitrogen and oxygen atoms in total. The van der Waals surface area contributed by atoms with E-state index in [1.807, 2.05) is 12.1 Å². The number of halogens is 2. The molecule has 2 atom stereocenters. The van der Waals surface area contributed by atoms with Crippen molar-refractivity contribution in [1.82, 2.24) is 5.32 Å². The van der Waals surface area contributed by atoms with E-state index in [0.717, 1.165) is 22.0 Å². The fourth-order valence-electron chi connectivity index (χ4n) is 2.37. The molecule has 2 unspecified atom stereocenters. The van der Waals surface area contributed by atoms with Gasteiger partial charge in [-0.05, 0) is 42.5 Å². The van der Waals surface area contributed by atoms with Crippen molar-refractivity contribution in [1.29, 1.82) is 0 Å². The molecule has 88 valence electrons. The van der Waals surface area contributed by atoms with Crippen LogP contribution in [0.3, 0.4) is 0 Å². The van der Waals surface area contributed by atoms with E-state index in [2.05, 4.69) is 34.2 Å². The lowest BCUT2D eigenvalue weighted by atomic mass is 10.1. The molecule has 2 rings (SSSR count). The molecule has 0 aromatic heterocycles. The Labute approximate surface area is 111 Å². The molecule has 3 heteroatoms. The molecule has 0 heterocycles. The molecule has 0 aliphatic heterocycles. The highest BCUT2D eigenvalue weighted by Gasteiger charge is 2.22. The topological polar surface area (TPSA) is 12.0 Å². The zero-order valence-electron chi connectivity index (χ0n) is 9.47. The summed E-state index contributed by atoms with van der Waals surface area (Å²) in [5.74, 6) is 0.797. The molecule has 16 heavy (non-hydrogen) atoms. The molecule has 1 aliphatic carbocycles. The Balaban J connectivity index is 1.96. The van der Waals surface area contributed by atoms with Crippen LogP contribution in [0.25, 0.3) is 0 Å². The van der Waals surface area contributed by atoms with Crippen LogP contribution in [0.2, 0.25) is 5.02 Å². The van der Waals surface area contributed by atoms with Crippen molar-refractivity contribution in [3.8, 4) is 0 Å². The summed E-state index contributed by atoms with van der Waals surface area (Å²) in [6, 6.07) is 6.68. The SMILES string of the molecule is CC1CCCC1NCc1cc(Br)ccc1Cl. The first-order valence-corrected chi connectivity index (χ1v) is 7.01. The molecule has 1 aromatic rings. The standard InChI is InChI=1S/C13H17BrClN/c1-9-3-2-4-13(9)16-8-10-7-11(14)5-6-12(10)15/h5-7,9,13,16H,2-4,8H2,1H3. The van der Waals surface area contributed by atoms with Crippen LogP contribution in [0.15, 0.2) is 22.7 Å². The predicted octanol–water partition coefficient (Wildman–Crippen LogP) is 4.38. The van der Waals surface area contributed by atoms with Crippen LogP contribution >= 0.6 is 27.5 Å².